The fourth-order valence-corrected chi connectivity index (χ4v) is 1.48. The highest BCUT2D eigenvalue weighted by atomic mass is 16.2. The van der Waals surface area contributed by atoms with Gasteiger partial charge in [0.15, 0.2) is 0 Å². The molecule has 0 fully saturated rings. The molecule has 0 saturated heterocycles. The highest BCUT2D eigenvalue weighted by Gasteiger charge is 2.12. The lowest BCUT2D eigenvalue weighted by molar-refractivity contribution is -0.133. The molecular formula is C12H18N2O. The lowest BCUT2D eigenvalue weighted by Gasteiger charge is -2.19. The molecule has 1 rings (SSSR count). The maximum absolute atomic E-state index is 11.6. The summed E-state index contributed by atoms with van der Waals surface area (Å²) in [5, 5.41) is 0. The van der Waals surface area contributed by atoms with Gasteiger partial charge in [-0.2, -0.15) is 0 Å². The van der Waals surface area contributed by atoms with Crippen LogP contribution in [0.15, 0.2) is 24.3 Å². The number of hydrogen-bond acceptors (Lipinski definition) is 2. The molecule has 1 aromatic carbocycles. The van der Waals surface area contributed by atoms with Crippen molar-refractivity contribution in [3.63, 3.8) is 0 Å². The van der Waals surface area contributed by atoms with Crippen molar-refractivity contribution < 1.29 is 4.79 Å². The molecule has 0 unspecified atom stereocenters. The van der Waals surface area contributed by atoms with Crippen molar-refractivity contribution in [2.24, 2.45) is 5.92 Å². The molecule has 0 spiro atoms. The van der Waals surface area contributed by atoms with E-state index >= 15 is 0 Å². The van der Waals surface area contributed by atoms with Crippen molar-refractivity contribution in [3.8, 4) is 0 Å². The van der Waals surface area contributed by atoms with E-state index < -0.39 is 0 Å². The third-order valence-electron chi connectivity index (χ3n) is 2.24. The van der Waals surface area contributed by atoms with Crippen LogP contribution >= 0.6 is 0 Å². The van der Waals surface area contributed by atoms with Gasteiger partial charge in [-0.25, -0.2) is 0 Å². The van der Waals surface area contributed by atoms with E-state index in [1.54, 1.807) is 4.90 Å². The number of anilines is 1. The Balaban J connectivity index is 2.66. The van der Waals surface area contributed by atoms with Gasteiger partial charge in [-0.1, -0.05) is 26.0 Å². The Morgan fingerprint density at radius 1 is 1.47 bits per heavy atom. The summed E-state index contributed by atoms with van der Waals surface area (Å²) in [5.74, 6) is 0.188. The minimum Gasteiger partial charge on any atom is -0.399 e. The third-order valence-corrected chi connectivity index (χ3v) is 2.24. The quantitative estimate of drug-likeness (QED) is 0.767. The van der Waals surface area contributed by atoms with E-state index in [-0.39, 0.29) is 11.8 Å². The van der Waals surface area contributed by atoms with Crippen LogP contribution in [0.3, 0.4) is 0 Å². The maximum atomic E-state index is 11.6. The first-order chi connectivity index (χ1) is 7.00. The van der Waals surface area contributed by atoms with Gasteiger partial charge >= 0.3 is 0 Å². The van der Waals surface area contributed by atoms with Crippen molar-refractivity contribution in [2.75, 3.05) is 12.8 Å². The first kappa shape index (κ1) is 11.6. The second kappa shape index (κ2) is 4.82. The Morgan fingerprint density at radius 3 is 2.67 bits per heavy atom. The van der Waals surface area contributed by atoms with Gasteiger partial charge in [0, 0.05) is 25.2 Å². The molecule has 2 N–H and O–H groups in total. The monoisotopic (exact) mass is 206 g/mol. The summed E-state index contributed by atoms with van der Waals surface area (Å²) in [5.41, 5.74) is 7.46. The Labute approximate surface area is 90.9 Å². The van der Waals surface area contributed by atoms with Crippen LogP contribution in [-0.2, 0) is 11.3 Å². The predicted molar refractivity (Wildman–Crippen MR) is 62.2 cm³/mol. The zero-order valence-electron chi connectivity index (χ0n) is 9.53. The summed E-state index contributed by atoms with van der Waals surface area (Å²) in [4.78, 5) is 13.3. The Kier molecular flexibility index (Phi) is 3.72. The van der Waals surface area contributed by atoms with Gasteiger partial charge in [-0.3, -0.25) is 4.79 Å². The second-order valence-electron chi connectivity index (χ2n) is 4.09. The molecule has 15 heavy (non-hydrogen) atoms. The standard InChI is InChI=1S/C12H18N2O/c1-9(2)12(15)14(3)8-10-5-4-6-11(13)7-10/h4-7,9H,8,13H2,1-3H3. The van der Waals surface area contributed by atoms with Crippen LogP contribution in [0.25, 0.3) is 0 Å². The van der Waals surface area contributed by atoms with E-state index in [0.29, 0.717) is 6.54 Å². The van der Waals surface area contributed by atoms with Crippen LogP contribution in [0, 0.1) is 5.92 Å². The largest absolute Gasteiger partial charge is 0.399 e. The zero-order chi connectivity index (χ0) is 11.4. The van der Waals surface area contributed by atoms with Crippen LogP contribution in [-0.4, -0.2) is 17.9 Å². The maximum Gasteiger partial charge on any atom is 0.225 e. The summed E-state index contributed by atoms with van der Waals surface area (Å²) in [7, 11) is 1.81. The van der Waals surface area contributed by atoms with Gasteiger partial charge in [0.25, 0.3) is 0 Å². The molecule has 0 aliphatic heterocycles. The number of amides is 1. The molecule has 0 heterocycles. The molecule has 1 amide bonds. The van der Waals surface area contributed by atoms with Crippen LogP contribution in [0.2, 0.25) is 0 Å². The normalized spacial score (nSPS) is 10.4. The third kappa shape index (κ3) is 3.27. The summed E-state index contributed by atoms with van der Waals surface area (Å²) < 4.78 is 0. The molecule has 0 bridgehead atoms. The molecule has 0 atom stereocenters. The first-order valence-corrected chi connectivity index (χ1v) is 5.10. The van der Waals surface area contributed by atoms with Crippen molar-refractivity contribution in [1.82, 2.24) is 4.90 Å². The Morgan fingerprint density at radius 2 is 2.13 bits per heavy atom. The van der Waals surface area contributed by atoms with Gasteiger partial charge in [0.05, 0.1) is 0 Å². The van der Waals surface area contributed by atoms with Gasteiger partial charge in [-0.05, 0) is 17.7 Å². The fraction of sp³-hybridized carbons (Fsp3) is 0.417. The molecule has 0 radical (unpaired) electrons. The number of nitrogens with zero attached hydrogens (tertiary/aromatic N) is 1. The molecule has 0 aromatic heterocycles. The van der Waals surface area contributed by atoms with E-state index in [1.807, 2.05) is 45.2 Å². The minimum absolute atomic E-state index is 0.0380. The lowest BCUT2D eigenvalue weighted by Crippen LogP contribution is -2.29. The highest BCUT2D eigenvalue weighted by Crippen LogP contribution is 2.10. The molecule has 0 saturated carbocycles. The summed E-state index contributed by atoms with van der Waals surface area (Å²) in [6.45, 7) is 4.42. The summed E-state index contributed by atoms with van der Waals surface area (Å²) >= 11 is 0. The highest BCUT2D eigenvalue weighted by molar-refractivity contribution is 5.77. The van der Waals surface area contributed by atoms with E-state index in [1.165, 1.54) is 0 Å². The van der Waals surface area contributed by atoms with Gasteiger partial charge in [0.1, 0.15) is 0 Å². The molecule has 0 aliphatic carbocycles. The average Bonchev–Trinajstić information content (AvgIpc) is 2.16. The number of rotatable bonds is 3. The van der Waals surface area contributed by atoms with Crippen LogP contribution in [0.5, 0.6) is 0 Å². The SMILES string of the molecule is CC(C)C(=O)N(C)Cc1cccc(N)c1. The van der Waals surface area contributed by atoms with Crippen molar-refractivity contribution in [1.29, 1.82) is 0 Å². The lowest BCUT2D eigenvalue weighted by atomic mass is 10.1. The number of nitrogen functional groups attached to an aromatic ring is 1. The molecular weight excluding hydrogens is 188 g/mol. The molecule has 3 nitrogen and oxygen atoms in total. The van der Waals surface area contributed by atoms with Crippen molar-refractivity contribution in [2.45, 2.75) is 20.4 Å². The number of carbonyl (C=O) groups is 1. The van der Waals surface area contributed by atoms with Crippen molar-refractivity contribution in [3.05, 3.63) is 29.8 Å². The first-order valence-electron chi connectivity index (χ1n) is 5.10. The predicted octanol–water partition coefficient (Wildman–Crippen LogP) is 1.88. The van der Waals surface area contributed by atoms with Gasteiger partial charge in [0.2, 0.25) is 5.91 Å². The second-order valence-corrected chi connectivity index (χ2v) is 4.09. The van der Waals surface area contributed by atoms with Gasteiger partial charge < -0.3 is 10.6 Å². The minimum atomic E-state index is 0.0380. The van der Waals surface area contributed by atoms with Crippen LogP contribution in [0.1, 0.15) is 19.4 Å². The molecule has 1 aromatic rings. The number of nitrogens with two attached hydrogens (primary N) is 1. The number of hydrogen-bond donors (Lipinski definition) is 1. The summed E-state index contributed by atoms with van der Waals surface area (Å²) in [6.07, 6.45) is 0. The van der Waals surface area contributed by atoms with E-state index in [4.69, 9.17) is 5.73 Å². The van der Waals surface area contributed by atoms with Crippen molar-refractivity contribution >= 4 is 11.6 Å². The fourth-order valence-electron chi connectivity index (χ4n) is 1.48. The molecule has 0 aliphatic rings. The Bertz CT molecular complexity index is 347. The number of carbonyl (C=O) groups excluding carboxylic acids is 1. The molecule has 82 valence electrons. The summed E-state index contributed by atoms with van der Waals surface area (Å²) in [6, 6.07) is 7.61. The Hall–Kier alpha value is -1.51. The molecule has 3 heteroatoms. The van der Waals surface area contributed by atoms with Crippen LogP contribution < -0.4 is 5.73 Å². The van der Waals surface area contributed by atoms with E-state index in [0.717, 1.165) is 11.3 Å². The topological polar surface area (TPSA) is 46.3 Å². The van der Waals surface area contributed by atoms with Crippen LogP contribution in [0.4, 0.5) is 5.69 Å². The smallest absolute Gasteiger partial charge is 0.225 e. The van der Waals surface area contributed by atoms with E-state index in [9.17, 15) is 4.79 Å². The zero-order valence-corrected chi connectivity index (χ0v) is 9.53. The van der Waals surface area contributed by atoms with E-state index in [2.05, 4.69) is 0 Å². The average molecular weight is 206 g/mol. The number of benzene rings is 1. The van der Waals surface area contributed by atoms with Gasteiger partial charge in [-0.15, -0.1) is 0 Å².